The molecule has 2 rings (SSSR count). The number of hydrazone groups is 1. The second-order valence-electron chi connectivity index (χ2n) is 5.08. The molecule has 0 unspecified atom stereocenters. The summed E-state index contributed by atoms with van der Waals surface area (Å²) in [6.07, 6.45) is 0.553. The van der Waals surface area contributed by atoms with Crippen LogP contribution in [0.25, 0.3) is 0 Å². The van der Waals surface area contributed by atoms with Crippen LogP contribution in [0.15, 0.2) is 23.3 Å². The lowest BCUT2D eigenvalue weighted by molar-refractivity contribution is -0.139. The average Bonchev–Trinajstić information content (AvgIpc) is 2.50. The summed E-state index contributed by atoms with van der Waals surface area (Å²) in [6, 6.07) is 4.84. The molecule has 1 aliphatic rings. The maximum atomic E-state index is 12.2. The Kier molecular flexibility index (Phi) is 4.95. The molecule has 1 heterocycles. The number of ether oxygens (including phenoxy) is 1. The van der Waals surface area contributed by atoms with E-state index in [1.807, 2.05) is 0 Å². The SMILES string of the molecule is Cc1cc(OCC(=O)O)ccc1NC(=O)C1=NN(C)C(=O)CC1. The first kappa shape index (κ1) is 16.5. The summed E-state index contributed by atoms with van der Waals surface area (Å²) in [5, 5.41) is 16.4. The minimum Gasteiger partial charge on any atom is -0.482 e. The van der Waals surface area contributed by atoms with E-state index in [9.17, 15) is 14.4 Å². The van der Waals surface area contributed by atoms with Crippen molar-refractivity contribution in [2.75, 3.05) is 19.0 Å². The Balaban J connectivity index is 2.05. The lowest BCUT2D eigenvalue weighted by Gasteiger charge is -2.19. The Morgan fingerprint density at radius 3 is 2.74 bits per heavy atom. The van der Waals surface area contributed by atoms with Crippen molar-refractivity contribution in [2.24, 2.45) is 5.10 Å². The van der Waals surface area contributed by atoms with Crippen molar-refractivity contribution in [1.29, 1.82) is 0 Å². The van der Waals surface area contributed by atoms with Gasteiger partial charge in [-0.3, -0.25) is 9.59 Å². The van der Waals surface area contributed by atoms with Crippen LogP contribution >= 0.6 is 0 Å². The molecule has 0 saturated heterocycles. The predicted octanol–water partition coefficient (Wildman–Crippen LogP) is 1.01. The number of hydrogen-bond acceptors (Lipinski definition) is 5. The number of aryl methyl sites for hydroxylation is 1. The van der Waals surface area contributed by atoms with Crippen LogP contribution < -0.4 is 10.1 Å². The van der Waals surface area contributed by atoms with Gasteiger partial charge in [-0.1, -0.05) is 0 Å². The second-order valence-corrected chi connectivity index (χ2v) is 5.08. The van der Waals surface area contributed by atoms with E-state index in [0.29, 0.717) is 17.9 Å². The minimum atomic E-state index is -1.06. The van der Waals surface area contributed by atoms with Crippen LogP contribution in [0, 0.1) is 6.92 Å². The fourth-order valence-electron chi connectivity index (χ4n) is 2.04. The van der Waals surface area contributed by atoms with Gasteiger partial charge in [-0.15, -0.1) is 0 Å². The number of carbonyl (C=O) groups excluding carboxylic acids is 2. The topological polar surface area (TPSA) is 108 Å². The first-order valence-electron chi connectivity index (χ1n) is 6.97. The van der Waals surface area contributed by atoms with Gasteiger partial charge in [0.1, 0.15) is 11.5 Å². The van der Waals surface area contributed by atoms with Crippen LogP contribution in [0.4, 0.5) is 5.69 Å². The number of carboxylic acids is 1. The molecule has 0 atom stereocenters. The summed E-state index contributed by atoms with van der Waals surface area (Å²) in [5.74, 6) is -1.15. The Hall–Kier alpha value is -2.90. The molecule has 122 valence electrons. The summed E-state index contributed by atoms with van der Waals surface area (Å²) in [5.41, 5.74) is 1.58. The van der Waals surface area contributed by atoms with Crippen molar-refractivity contribution in [3.63, 3.8) is 0 Å². The molecule has 0 radical (unpaired) electrons. The maximum absolute atomic E-state index is 12.2. The number of benzene rings is 1. The highest BCUT2D eigenvalue weighted by atomic mass is 16.5. The van der Waals surface area contributed by atoms with Crippen LogP contribution in [-0.2, 0) is 14.4 Å². The summed E-state index contributed by atoms with van der Waals surface area (Å²) in [4.78, 5) is 34.0. The number of rotatable bonds is 5. The van der Waals surface area contributed by atoms with E-state index in [1.165, 1.54) is 7.05 Å². The first-order valence-corrected chi connectivity index (χ1v) is 6.97. The molecule has 0 aromatic heterocycles. The highest BCUT2D eigenvalue weighted by Gasteiger charge is 2.22. The number of aliphatic carboxylic acids is 1. The van der Waals surface area contributed by atoms with Gasteiger partial charge in [0.05, 0.1) is 0 Å². The molecule has 2 N–H and O–H groups in total. The van der Waals surface area contributed by atoms with Gasteiger partial charge in [0.15, 0.2) is 6.61 Å². The molecular formula is C15H17N3O5. The molecule has 0 aliphatic carbocycles. The van der Waals surface area contributed by atoms with E-state index in [4.69, 9.17) is 9.84 Å². The number of amides is 2. The zero-order chi connectivity index (χ0) is 17.0. The van der Waals surface area contributed by atoms with Gasteiger partial charge in [0.25, 0.3) is 5.91 Å². The lowest BCUT2D eigenvalue weighted by atomic mass is 10.1. The number of nitrogens with zero attached hydrogens (tertiary/aromatic N) is 2. The fraction of sp³-hybridized carbons (Fsp3) is 0.333. The Morgan fingerprint density at radius 2 is 2.13 bits per heavy atom. The van der Waals surface area contributed by atoms with Crippen molar-refractivity contribution < 1.29 is 24.2 Å². The standard InChI is InChI=1S/C15H17N3O5/c1-9-7-10(23-8-14(20)21)3-4-11(9)16-15(22)12-5-6-13(19)18(2)17-12/h3-4,7H,5-6,8H2,1-2H3,(H,16,22)(H,20,21). The van der Waals surface area contributed by atoms with Crippen LogP contribution in [0.3, 0.4) is 0 Å². The Morgan fingerprint density at radius 1 is 1.39 bits per heavy atom. The molecule has 8 heteroatoms. The number of carboxylic acid groups (broad SMARTS) is 1. The van der Waals surface area contributed by atoms with Crippen LogP contribution in [-0.4, -0.2) is 47.3 Å². The van der Waals surface area contributed by atoms with E-state index >= 15 is 0 Å². The molecule has 0 saturated carbocycles. The van der Waals surface area contributed by atoms with Crippen molar-refractivity contribution in [1.82, 2.24) is 5.01 Å². The molecule has 1 aromatic carbocycles. The molecule has 1 aliphatic heterocycles. The third kappa shape index (κ3) is 4.29. The monoisotopic (exact) mass is 319 g/mol. The largest absolute Gasteiger partial charge is 0.482 e. The van der Waals surface area contributed by atoms with Gasteiger partial charge >= 0.3 is 5.97 Å². The molecule has 2 amide bonds. The third-order valence-electron chi connectivity index (χ3n) is 3.28. The molecule has 0 spiro atoms. The van der Waals surface area contributed by atoms with Gasteiger partial charge < -0.3 is 15.2 Å². The van der Waals surface area contributed by atoms with E-state index in [-0.39, 0.29) is 23.9 Å². The molecule has 8 nitrogen and oxygen atoms in total. The lowest BCUT2D eigenvalue weighted by Crippen LogP contribution is -2.34. The fourth-order valence-corrected chi connectivity index (χ4v) is 2.04. The van der Waals surface area contributed by atoms with E-state index in [0.717, 1.165) is 10.6 Å². The summed E-state index contributed by atoms with van der Waals surface area (Å²) >= 11 is 0. The number of nitrogens with one attached hydrogen (secondary N) is 1. The van der Waals surface area contributed by atoms with Crippen LogP contribution in [0.5, 0.6) is 5.75 Å². The Labute approximate surface area is 132 Å². The number of hydrogen-bond donors (Lipinski definition) is 2. The minimum absolute atomic E-state index is 0.127. The average molecular weight is 319 g/mol. The van der Waals surface area contributed by atoms with Gasteiger partial charge in [-0.2, -0.15) is 5.10 Å². The highest BCUT2D eigenvalue weighted by Crippen LogP contribution is 2.22. The third-order valence-corrected chi connectivity index (χ3v) is 3.28. The van der Waals surface area contributed by atoms with Crippen molar-refractivity contribution in [3.05, 3.63) is 23.8 Å². The maximum Gasteiger partial charge on any atom is 0.341 e. The smallest absolute Gasteiger partial charge is 0.341 e. The van der Waals surface area contributed by atoms with E-state index in [1.54, 1.807) is 25.1 Å². The van der Waals surface area contributed by atoms with Gasteiger partial charge in [-0.05, 0) is 30.7 Å². The second kappa shape index (κ2) is 6.91. The summed E-state index contributed by atoms with van der Waals surface area (Å²) in [7, 11) is 1.51. The van der Waals surface area contributed by atoms with Crippen molar-refractivity contribution in [2.45, 2.75) is 19.8 Å². The van der Waals surface area contributed by atoms with E-state index < -0.39 is 12.6 Å². The predicted molar refractivity (Wildman–Crippen MR) is 82.4 cm³/mol. The summed E-state index contributed by atoms with van der Waals surface area (Å²) in [6.45, 7) is 1.34. The van der Waals surface area contributed by atoms with Gasteiger partial charge in [0.2, 0.25) is 5.91 Å². The highest BCUT2D eigenvalue weighted by molar-refractivity contribution is 6.43. The Bertz CT molecular complexity index is 684. The van der Waals surface area contributed by atoms with Crippen LogP contribution in [0.1, 0.15) is 18.4 Å². The molecule has 0 fully saturated rings. The zero-order valence-corrected chi connectivity index (χ0v) is 12.8. The van der Waals surface area contributed by atoms with Gasteiger partial charge in [-0.25, -0.2) is 9.80 Å². The summed E-state index contributed by atoms with van der Waals surface area (Å²) < 4.78 is 5.07. The van der Waals surface area contributed by atoms with Crippen LogP contribution in [0.2, 0.25) is 0 Å². The normalized spacial score (nSPS) is 14.3. The molecular weight excluding hydrogens is 302 g/mol. The van der Waals surface area contributed by atoms with Crippen molar-refractivity contribution in [3.8, 4) is 5.75 Å². The molecule has 0 bridgehead atoms. The molecule has 23 heavy (non-hydrogen) atoms. The molecule has 1 aromatic rings. The van der Waals surface area contributed by atoms with E-state index in [2.05, 4.69) is 10.4 Å². The zero-order valence-electron chi connectivity index (χ0n) is 12.8. The number of carbonyl (C=O) groups is 3. The first-order chi connectivity index (χ1) is 10.9. The van der Waals surface area contributed by atoms with Gasteiger partial charge in [0, 0.05) is 25.6 Å². The quantitative estimate of drug-likeness (QED) is 0.842. The number of anilines is 1. The van der Waals surface area contributed by atoms with Crippen molar-refractivity contribution >= 4 is 29.2 Å².